The fraction of sp³-hybridized carbons (Fsp3) is 0.176. The highest BCUT2D eigenvalue weighted by Gasteiger charge is 2.13. The summed E-state index contributed by atoms with van der Waals surface area (Å²) in [6, 6.07) is 13.5. The van der Waals surface area contributed by atoms with Crippen LogP contribution in [0.4, 0.5) is 0 Å². The Hall–Kier alpha value is -1.97. The Morgan fingerprint density at radius 2 is 1.86 bits per heavy atom. The normalized spacial score (nSPS) is 10.2. The number of hydrogen-bond acceptors (Lipinski definition) is 3. The Morgan fingerprint density at radius 1 is 1.10 bits per heavy atom. The average molecular weight is 305 g/mol. The minimum absolute atomic E-state index is 0.130. The van der Waals surface area contributed by atoms with Gasteiger partial charge >= 0.3 is 0 Å². The Balaban J connectivity index is 2.23. The van der Waals surface area contributed by atoms with Gasteiger partial charge in [0.15, 0.2) is 18.3 Å². The standard InChI is InChI=1S/C17H17ClO3/c1-3-14-9-10-15(21-12-19-2)17(16(14)18)20-11-13-7-5-4-6-8-13/h3-10H,1,11-12H2,2H3. The molecule has 110 valence electrons. The maximum atomic E-state index is 6.34. The summed E-state index contributed by atoms with van der Waals surface area (Å²) >= 11 is 6.34. The Morgan fingerprint density at radius 3 is 2.52 bits per heavy atom. The SMILES string of the molecule is C=Cc1ccc(OCOC)c(OCc2ccccc2)c1Cl. The van der Waals surface area contributed by atoms with Crippen molar-refractivity contribution in [2.45, 2.75) is 6.61 Å². The van der Waals surface area contributed by atoms with E-state index in [0.29, 0.717) is 23.1 Å². The smallest absolute Gasteiger partial charge is 0.188 e. The molecule has 0 radical (unpaired) electrons. The third-order valence-electron chi connectivity index (χ3n) is 2.87. The molecule has 0 aliphatic heterocycles. The summed E-state index contributed by atoms with van der Waals surface area (Å²) in [5.41, 5.74) is 1.85. The highest BCUT2D eigenvalue weighted by molar-refractivity contribution is 6.33. The van der Waals surface area contributed by atoms with Crippen LogP contribution in [-0.4, -0.2) is 13.9 Å². The molecule has 0 saturated heterocycles. The van der Waals surface area contributed by atoms with Crippen LogP contribution in [0.3, 0.4) is 0 Å². The van der Waals surface area contributed by atoms with Crippen LogP contribution in [0.15, 0.2) is 49.0 Å². The van der Waals surface area contributed by atoms with E-state index in [-0.39, 0.29) is 6.79 Å². The lowest BCUT2D eigenvalue weighted by molar-refractivity contribution is 0.0484. The zero-order valence-electron chi connectivity index (χ0n) is 11.8. The van der Waals surface area contributed by atoms with E-state index in [2.05, 4.69) is 6.58 Å². The predicted molar refractivity (Wildman–Crippen MR) is 84.8 cm³/mol. The summed E-state index contributed by atoms with van der Waals surface area (Å²) in [6.45, 7) is 4.28. The second kappa shape index (κ2) is 7.72. The van der Waals surface area contributed by atoms with Crippen LogP contribution < -0.4 is 9.47 Å². The summed E-state index contributed by atoms with van der Waals surface area (Å²) in [5.74, 6) is 1.04. The predicted octanol–water partition coefficient (Wildman–Crippen LogP) is 4.54. The first kappa shape index (κ1) is 15.4. The molecule has 0 aliphatic rings. The van der Waals surface area contributed by atoms with Crippen molar-refractivity contribution in [2.75, 3.05) is 13.9 Å². The lowest BCUT2D eigenvalue weighted by atomic mass is 10.2. The van der Waals surface area contributed by atoms with Gasteiger partial charge in [-0.3, -0.25) is 0 Å². The molecule has 0 bridgehead atoms. The van der Waals surface area contributed by atoms with Crippen LogP contribution in [0.2, 0.25) is 5.02 Å². The van der Waals surface area contributed by atoms with E-state index in [9.17, 15) is 0 Å². The van der Waals surface area contributed by atoms with Crippen LogP contribution in [0, 0.1) is 0 Å². The second-order valence-corrected chi connectivity index (χ2v) is 4.70. The molecule has 0 heterocycles. The second-order valence-electron chi connectivity index (χ2n) is 4.33. The molecule has 0 aliphatic carbocycles. The van der Waals surface area contributed by atoms with Gasteiger partial charge in [0.25, 0.3) is 0 Å². The van der Waals surface area contributed by atoms with E-state index in [0.717, 1.165) is 11.1 Å². The molecule has 0 amide bonds. The van der Waals surface area contributed by atoms with Gasteiger partial charge in [-0.1, -0.05) is 54.6 Å². The summed E-state index contributed by atoms with van der Waals surface area (Å²) in [5, 5.41) is 0.481. The first-order valence-electron chi connectivity index (χ1n) is 6.49. The molecule has 0 unspecified atom stereocenters. The van der Waals surface area contributed by atoms with Crippen LogP contribution in [-0.2, 0) is 11.3 Å². The maximum Gasteiger partial charge on any atom is 0.188 e. The van der Waals surface area contributed by atoms with Gasteiger partial charge in [0.1, 0.15) is 6.61 Å². The number of rotatable bonds is 7. The third kappa shape index (κ3) is 4.00. The molecular formula is C17H17ClO3. The number of benzene rings is 2. The van der Waals surface area contributed by atoms with Gasteiger partial charge in [-0.25, -0.2) is 0 Å². The molecule has 0 atom stereocenters. The van der Waals surface area contributed by atoms with Crippen molar-refractivity contribution in [3.8, 4) is 11.5 Å². The first-order chi connectivity index (χ1) is 10.3. The van der Waals surface area contributed by atoms with Crippen LogP contribution in [0.1, 0.15) is 11.1 Å². The van der Waals surface area contributed by atoms with Crippen molar-refractivity contribution in [1.82, 2.24) is 0 Å². The van der Waals surface area contributed by atoms with Crippen LogP contribution in [0.5, 0.6) is 11.5 Å². The maximum absolute atomic E-state index is 6.34. The Kier molecular flexibility index (Phi) is 5.67. The zero-order valence-corrected chi connectivity index (χ0v) is 12.6. The van der Waals surface area contributed by atoms with Crippen LogP contribution >= 0.6 is 11.6 Å². The number of ether oxygens (including phenoxy) is 3. The molecule has 2 aromatic carbocycles. The summed E-state index contributed by atoms with van der Waals surface area (Å²) in [6.07, 6.45) is 1.68. The fourth-order valence-corrected chi connectivity index (χ4v) is 2.10. The molecule has 0 N–H and O–H groups in total. The van der Waals surface area contributed by atoms with Gasteiger partial charge in [-0.15, -0.1) is 0 Å². The molecule has 0 spiro atoms. The van der Waals surface area contributed by atoms with Crippen LogP contribution in [0.25, 0.3) is 6.08 Å². The average Bonchev–Trinajstić information content (AvgIpc) is 2.53. The van der Waals surface area contributed by atoms with Gasteiger partial charge in [0.05, 0.1) is 5.02 Å². The van der Waals surface area contributed by atoms with E-state index < -0.39 is 0 Å². The third-order valence-corrected chi connectivity index (χ3v) is 3.26. The number of hydrogen-bond donors (Lipinski definition) is 0. The molecule has 0 fully saturated rings. The molecule has 2 aromatic rings. The minimum Gasteiger partial charge on any atom is -0.483 e. The molecule has 21 heavy (non-hydrogen) atoms. The van der Waals surface area contributed by atoms with Gasteiger partial charge < -0.3 is 14.2 Å². The molecule has 3 nitrogen and oxygen atoms in total. The van der Waals surface area contributed by atoms with E-state index >= 15 is 0 Å². The van der Waals surface area contributed by atoms with Crippen molar-refractivity contribution >= 4 is 17.7 Å². The lowest BCUT2D eigenvalue weighted by Crippen LogP contribution is -2.03. The molecular weight excluding hydrogens is 288 g/mol. The van der Waals surface area contributed by atoms with E-state index in [1.54, 1.807) is 19.3 Å². The largest absolute Gasteiger partial charge is 0.483 e. The molecule has 4 heteroatoms. The quantitative estimate of drug-likeness (QED) is 0.703. The van der Waals surface area contributed by atoms with Gasteiger partial charge in [0.2, 0.25) is 0 Å². The zero-order chi connectivity index (χ0) is 15.1. The topological polar surface area (TPSA) is 27.7 Å². The summed E-state index contributed by atoms with van der Waals surface area (Å²) < 4.78 is 16.2. The molecule has 0 aromatic heterocycles. The lowest BCUT2D eigenvalue weighted by Gasteiger charge is -2.15. The Labute approximate surface area is 129 Å². The Bertz CT molecular complexity index is 596. The van der Waals surface area contributed by atoms with Crippen molar-refractivity contribution in [3.63, 3.8) is 0 Å². The molecule has 2 rings (SSSR count). The van der Waals surface area contributed by atoms with Crippen molar-refractivity contribution < 1.29 is 14.2 Å². The van der Waals surface area contributed by atoms with Crippen molar-refractivity contribution in [3.05, 3.63) is 65.2 Å². The highest BCUT2D eigenvalue weighted by atomic mass is 35.5. The van der Waals surface area contributed by atoms with E-state index in [1.807, 2.05) is 36.4 Å². The number of halogens is 1. The summed E-state index contributed by atoms with van der Waals surface area (Å²) in [7, 11) is 1.56. The van der Waals surface area contributed by atoms with E-state index in [4.69, 9.17) is 25.8 Å². The first-order valence-corrected chi connectivity index (χ1v) is 6.87. The van der Waals surface area contributed by atoms with Gasteiger partial charge in [-0.05, 0) is 23.3 Å². The van der Waals surface area contributed by atoms with Crippen molar-refractivity contribution in [1.29, 1.82) is 0 Å². The number of methoxy groups -OCH3 is 1. The minimum atomic E-state index is 0.130. The van der Waals surface area contributed by atoms with Crippen molar-refractivity contribution in [2.24, 2.45) is 0 Å². The highest BCUT2D eigenvalue weighted by Crippen LogP contribution is 2.38. The fourth-order valence-electron chi connectivity index (χ4n) is 1.81. The molecule has 0 saturated carbocycles. The summed E-state index contributed by atoms with van der Waals surface area (Å²) in [4.78, 5) is 0. The monoisotopic (exact) mass is 304 g/mol. The van der Waals surface area contributed by atoms with Gasteiger partial charge in [0, 0.05) is 7.11 Å². The van der Waals surface area contributed by atoms with Gasteiger partial charge in [-0.2, -0.15) is 0 Å². The van der Waals surface area contributed by atoms with E-state index in [1.165, 1.54) is 0 Å².